The Balaban J connectivity index is 2.05. The number of imidazole rings is 1. The Kier molecular flexibility index (Phi) is 5.65. The number of amides is 2. The minimum Gasteiger partial charge on any atom is -0.479 e. The molecule has 5 N–H and O–H groups in total. The maximum absolute atomic E-state index is 11.2. The predicted octanol–water partition coefficient (Wildman–Crippen LogP) is -0.913. The topological polar surface area (TPSA) is 127 Å². The molecule has 0 aliphatic carbocycles. The van der Waals surface area contributed by atoms with Gasteiger partial charge in [-0.3, -0.25) is 0 Å². The number of nitrogens with one attached hydrogen (secondary N) is 3. The summed E-state index contributed by atoms with van der Waals surface area (Å²) in [6.07, 6.45) is 3.22. The smallest absolute Gasteiger partial charge is 0.334 e. The number of aliphatic hydroxyl groups is 1. The molecule has 1 aromatic rings. The lowest BCUT2D eigenvalue weighted by atomic mass is 10.3. The maximum atomic E-state index is 11.2. The van der Waals surface area contributed by atoms with Crippen molar-refractivity contribution < 1.29 is 19.8 Å². The Bertz CT molecular complexity index is 379. The van der Waals surface area contributed by atoms with E-state index < -0.39 is 18.1 Å². The first-order valence-electron chi connectivity index (χ1n) is 5.50. The Labute approximate surface area is 103 Å². The second-order valence-corrected chi connectivity index (χ2v) is 3.63. The summed E-state index contributed by atoms with van der Waals surface area (Å²) in [4.78, 5) is 28.4. The summed E-state index contributed by atoms with van der Waals surface area (Å²) in [5, 5.41) is 22.1. The number of hydrogen-bond acceptors (Lipinski definition) is 4. The average molecular weight is 256 g/mol. The van der Waals surface area contributed by atoms with Crippen LogP contribution < -0.4 is 10.6 Å². The van der Waals surface area contributed by atoms with Gasteiger partial charge in [0.15, 0.2) is 6.10 Å². The van der Waals surface area contributed by atoms with Gasteiger partial charge in [0.25, 0.3) is 0 Å². The molecule has 0 aliphatic rings. The third-order valence-electron chi connectivity index (χ3n) is 2.17. The first-order valence-corrected chi connectivity index (χ1v) is 5.50. The number of H-pyrrole nitrogens is 1. The predicted molar refractivity (Wildman–Crippen MR) is 62.0 cm³/mol. The van der Waals surface area contributed by atoms with Crippen molar-refractivity contribution in [3.05, 3.63) is 18.2 Å². The van der Waals surface area contributed by atoms with E-state index in [1.807, 2.05) is 0 Å². The van der Waals surface area contributed by atoms with Gasteiger partial charge in [-0.25, -0.2) is 14.6 Å². The van der Waals surface area contributed by atoms with Crippen molar-refractivity contribution >= 4 is 12.0 Å². The second kappa shape index (κ2) is 7.28. The number of carbonyl (C=O) groups excluding carboxylic acids is 1. The van der Waals surface area contributed by atoms with Gasteiger partial charge >= 0.3 is 12.0 Å². The SMILES string of the molecule is O=C(NCCCc1ncc[nH]1)NCC(O)C(=O)O. The summed E-state index contributed by atoms with van der Waals surface area (Å²) in [5.74, 6) is -0.522. The molecule has 0 bridgehead atoms. The molecule has 0 aliphatic heterocycles. The van der Waals surface area contributed by atoms with E-state index in [2.05, 4.69) is 20.6 Å². The molecule has 8 heteroatoms. The Morgan fingerprint density at radius 1 is 1.44 bits per heavy atom. The van der Waals surface area contributed by atoms with E-state index in [4.69, 9.17) is 10.2 Å². The molecule has 0 radical (unpaired) electrons. The van der Waals surface area contributed by atoms with Crippen LogP contribution in [0.1, 0.15) is 12.2 Å². The molecule has 8 nitrogen and oxygen atoms in total. The van der Waals surface area contributed by atoms with Crippen molar-refractivity contribution in [3.8, 4) is 0 Å². The van der Waals surface area contributed by atoms with Gasteiger partial charge in [0.05, 0.1) is 6.54 Å². The van der Waals surface area contributed by atoms with Crippen LogP contribution in [0.25, 0.3) is 0 Å². The van der Waals surface area contributed by atoms with Crippen LogP contribution in [0.15, 0.2) is 12.4 Å². The van der Waals surface area contributed by atoms with Gasteiger partial charge in [0.2, 0.25) is 0 Å². The zero-order valence-corrected chi connectivity index (χ0v) is 9.72. The number of carbonyl (C=O) groups is 2. The highest BCUT2D eigenvalue weighted by molar-refractivity contribution is 5.76. The van der Waals surface area contributed by atoms with E-state index in [9.17, 15) is 9.59 Å². The number of urea groups is 1. The van der Waals surface area contributed by atoms with Crippen molar-refractivity contribution in [1.29, 1.82) is 0 Å². The summed E-state index contributed by atoms with van der Waals surface area (Å²) >= 11 is 0. The average Bonchev–Trinajstić information content (AvgIpc) is 2.84. The third-order valence-corrected chi connectivity index (χ3v) is 2.17. The summed E-state index contributed by atoms with van der Waals surface area (Å²) in [5.41, 5.74) is 0. The van der Waals surface area contributed by atoms with E-state index >= 15 is 0 Å². The molecule has 0 fully saturated rings. The molecule has 1 rings (SSSR count). The largest absolute Gasteiger partial charge is 0.479 e. The van der Waals surface area contributed by atoms with Crippen molar-refractivity contribution in [2.24, 2.45) is 0 Å². The van der Waals surface area contributed by atoms with Crippen LogP contribution in [0.5, 0.6) is 0 Å². The van der Waals surface area contributed by atoms with Gasteiger partial charge in [-0.1, -0.05) is 0 Å². The number of carboxylic acids is 1. The van der Waals surface area contributed by atoms with Crippen LogP contribution in [0, 0.1) is 0 Å². The van der Waals surface area contributed by atoms with Crippen LogP contribution in [-0.2, 0) is 11.2 Å². The van der Waals surface area contributed by atoms with E-state index in [0.29, 0.717) is 19.4 Å². The van der Waals surface area contributed by atoms with Gasteiger partial charge in [-0.15, -0.1) is 0 Å². The van der Waals surface area contributed by atoms with Gasteiger partial charge in [0.1, 0.15) is 5.82 Å². The Hall–Kier alpha value is -2.09. The fourth-order valence-electron chi connectivity index (χ4n) is 1.23. The number of aromatic amines is 1. The highest BCUT2D eigenvalue weighted by atomic mass is 16.4. The van der Waals surface area contributed by atoms with Crippen molar-refractivity contribution in [2.45, 2.75) is 18.9 Å². The number of aliphatic hydroxyl groups excluding tert-OH is 1. The first kappa shape index (κ1) is 14.0. The fraction of sp³-hybridized carbons (Fsp3) is 0.500. The molecular weight excluding hydrogens is 240 g/mol. The molecular formula is C10H16N4O4. The Morgan fingerprint density at radius 3 is 2.83 bits per heavy atom. The molecule has 1 heterocycles. The zero-order chi connectivity index (χ0) is 13.4. The third kappa shape index (κ3) is 5.30. The van der Waals surface area contributed by atoms with Crippen molar-refractivity contribution in [3.63, 3.8) is 0 Å². The number of carboxylic acid groups (broad SMARTS) is 1. The Morgan fingerprint density at radius 2 is 2.22 bits per heavy atom. The van der Waals surface area contributed by atoms with Crippen LogP contribution in [-0.4, -0.2) is 51.4 Å². The van der Waals surface area contributed by atoms with Crippen molar-refractivity contribution in [1.82, 2.24) is 20.6 Å². The quantitative estimate of drug-likeness (QED) is 0.403. The maximum Gasteiger partial charge on any atom is 0.334 e. The minimum absolute atomic E-state index is 0.320. The van der Waals surface area contributed by atoms with Crippen LogP contribution in [0.2, 0.25) is 0 Å². The first-order chi connectivity index (χ1) is 8.59. The van der Waals surface area contributed by atoms with E-state index in [1.54, 1.807) is 12.4 Å². The summed E-state index contributed by atoms with van der Waals surface area (Å²) in [6, 6.07) is -0.505. The molecule has 0 saturated heterocycles. The molecule has 1 unspecified atom stereocenters. The molecule has 1 atom stereocenters. The number of hydrogen-bond donors (Lipinski definition) is 5. The lowest BCUT2D eigenvalue weighted by Crippen LogP contribution is -2.42. The minimum atomic E-state index is -1.58. The van der Waals surface area contributed by atoms with E-state index in [1.165, 1.54) is 0 Å². The number of aryl methyl sites for hydroxylation is 1. The van der Waals surface area contributed by atoms with Gasteiger partial charge in [-0.05, 0) is 6.42 Å². The standard InChI is InChI=1S/C10H16N4O4/c15-7(9(16)17)6-14-10(18)13-3-1-2-8-11-4-5-12-8/h4-5,7,15H,1-3,6H2,(H,11,12)(H,16,17)(H2,13,14,18). The molecule has 100 valence electrons. The summed E-state index contributed by atoms with van der Waals surface area (Å²) in [6.45, 7) is 0.120. The number of rotatable bonds is 7. The van der Waals surface area contributed by atoms with Gasteiger partial charge in [-0.2, -0.15) is 0 Å². The number of aromatic nitrogens is 2. The van der Waals surface area contributed by atoms with Crippen LogP contribution >= 0.6 is 0 Å². The summed E-state index contributed by atoms with van der Waals surface area (Å²) in [7, 11) is 0. The zero-order valence-electron chi connectivity index (χ0n) is 9.72. The molecule has 18 heavy (non-hydrogen) atoms. The molecule has 2 amide bonds. The monoisotopic (exact) mass is 256 g/mol. The van der Waals surface area contributed by atoms with E-state index in [-0.39, 0.29) is 6.54 Å². The fourth-order valence-corrected chi connectivity index (χ4v) is 1.23. The number of nitrogens with zero attached hydrogens (tertiary/aromatic N) is 1. The lowest BCUT2D eigenvalue weighted by Gasteiger charge is -2.08. The van der Waals surface area contributed by atoms with Crippen LogP contribution in [0.3, 0.4) is 0 Å². The van der Waals surface area contributed by atoms with Crippen LogP contribution in [0.4, 0.5) is 4.79 Å². The highest BCUT2D eigenvalue weighted by Gasteiger charge is 2.13. The second-order valence-electron chi connectivity index (χ2n) is 3.63. The van der Waals surface area contributed by atoms with Crippen molar-refractivity contribution in [2.75, 3.05) is 13.1 Å². The number of aliphatic carboxylic acids is 1. The van der Waals surface area contributed by atoms with E-state index in [0.717, 1.165) is 5.82 Å². The lowest BCUT2D eigenvalue weighted by molar-refractivity contribution is -0.146. The molecule has 0 spiro atoms. The molecule has 0 aromatic carbocycles. The summed E-state index contributed by atoms with van der Waals surface area (Å²) < 4.78 is 0. The van der Waals surface area contributed by atoms with Gasteiger partial charge < -0.3 is 25.8 Å². The normalized spacial score (nSPS) is 11.8. The molecule has 0 saturated carbocycles. The highest BCUT2D eigenvalue weighted by Crippen LogP contribution is 1.93. The van der Waals surface area contributed by atoms with Gasteiger partial charge in [0, 0.05) is 25.4 Å². The molecule has 1 aromatic heterocycles.